The second-order valence-corrected chi connectivity index (χ2v) is 8.21. The lowest BCUT2D eigenvalue weighted by Crippen LogP contribution is -2.30. The molecule has 2 aromatic rings. The van der Waals surface area contributed by atoms with Crippen LogP contribution in [-0.4, -0.2) is 45.4 Å². The molecule has 0 spiro atoms. The van der Waals surface area contributed by atoms with E-state index >= 15 is 0 Å². The van der Waals surface area contributed by atoms with Crippen LogP contribution in [0.3, 0.4) is 0 Å². The number of nitrogens with one attached hydrogen (secondary N) is 2. The van der Waals surface area contributed by atoms with Crippen molar-refractivity contribution in [1.29, 1.82) is 0 Å². The molecule has 2 rings (SSSR count). The molecule has 0 unspecified atom stereocenters. The predicted molar refractivity (Wildman–Crippen MR) is 112 cm³/mol. The Morgan fingerprint density at radius 2 is 1.82 bits per heavy atom. The molecule has 1 amide bonds. The summed E-state index contributed by atoms with van der Waals surface area (Å²) in [6.45, 7) is 4.32. The summed E-state index contributed by atoms with van der Waals surface area (Å²) >= 11 is 6.06. The van der Waals surface area contributed by atoms with Crippen molar-refractivity contribution in [2.75, 3.05) is 37.4 Å². The lowest BCUT2D eigenvalue weighted by atomic mass is 10.3. The molecule has 0 saturated carbocycles. The number of benzene rings is 2. The number of methoxy groups -OCH3 is 1. The molecule has 2 N–H and O–H groups in total. The van der Waals surface area contributed by atoms with Gasteiger partial charge >= 0.3 is 0 Å². The second-order valence-electron chi connectivity index (χ2n) is 5.87. The highest BCUT2D eigenvalue weighted by molar-refractivity contribution is 7.89. The molecule has 0 aliphatic rings. The number of amides is 1. The van der Waals surface area contributed by atoms with Gasteiger partial charge in [-0.25, -0.2) is 8.42 Å². The number of hydrogen-bond donors (Lipinski definition) is 2. The van der Waals surface area contributed by atoms with E-state index in [2.05, 4.69) is 10.6 Å². The summed E-state index contributed by atoms with van der Waals surface area (Å²) in [6.07, 6.45) is 0. The van der Waals surface area contributed by atoms with E-state index in [9.17, 15) is 13.2 Å². The summed E-state index contributed by atoms with van der Waals surface area (Å²) < 4.78 is 31.7. The van der Waals surface area contributed by atoms with Crippen LogP contribution in [0.15, 0.2) is 47.4 Å². The van der Waals surface area contributed by atoms with Gasteiger partial charge in [0.2, 0.25) is 15.9 Å². The molecule has 152 valence electrons. The first kappa shape index (κ1) is 22.0. The highest BCUT2D eigenvalue weighted by Crippen LogP contribution is 2.27. The predicted octanol–water partition coefficient (Wildman–Crippen LogP) is 3.43. The smallest absolute Gasteiger partial charge is 0.243 e. The molecule has 0 fully saturated rings. The first-order valence-electron chi connectivity index (χ1n) is 8.79. The summed E-state index contributed by atoms with van der Waals surface area (Å²) in [4.78, 5) is 12.4. The molecule has 9 heteroatoms. The maximum atomic E-state index is 12.6. The van der Waals surface area contributed by atoms with Gasteiger partial charge in [0, 0.05) is 24.5 Å². The lowest BCUT2D eigenvalue weighted by molar-refractivity contribution is -0.114. The minimum absolute atomic E-state index is 0.00429. The minimum atomic E-state index is -3.59. The number of sulfonamides is 1. The Morgan fingerprint density at radius 3 is 2.43 bits per heavy atom. The van der Waals surface area contributed by atoms with E-state index in [-0.39, 0.29) is 17.3 Å². The van der Waals surface area contributed by atoms with Gasteiger partial charge < -0.3 is 15.4 Å². The highest BCUT2D eigenvalue weighted by Gasteiger charge is 2.21. The van der Waals surface area contributed by atoms with E-state index in [1.54, 1.807) is 44.2 Å². The Balaban J connectivity index is 2.04. The molecule has 0 atom stereocenters. The summed E-state index contributed by atoms with van der Waals surface area (Å²) in [6, 6.07) is 11.3. The van der Waals surface area contributed by atoms with Crippen molar-refractivity contribution in [1.82, 2.24) is 4.31 Å². The minimum Gasteiger partial charge on any atom is -0.495 e. The molecule has 0 heterocycles. The number of carbonyl (C=O) groups excluding carboxylic acids is 1. The van der Waals surface area contributed by atoms with Crippen molar-refractivity contribution in [2.24, 2.45) is 0 Å². The average Bonchev–Trinajstić information content (AvgIpc) is 2.67. The molecular formula is C19H24ClN3O4S. The maximum Gasteiger partial charge on any atom is 0.243 e. The van der Waals surface area contributed by atoms with E-state index in [0.29, 0.717) is 35.2 Å². The topological polar surface area (TPSA) is 87.7 Å². The molecule has 2 aromatic carbocycles. The van der Waals surface area contributed by atoms with Gasteiger partial charge in [-0.05, 0) is 36.4 Å². The SMILES string of the molecule is CCN(CC)S(=O)(=O)c1cccc(NC(=O)CNc2ccc(OC)c(Cl)c2)c1. The Kier molecular flexibility index (Phi) is 7.68. The third kappa shape index (κ3) is 5.37. The molecule has 0 saturated heterocycles. The zero-order valence-corrected chi connectivity index (χ0v) is 17.6. The van der Waals surface area contributed by atoms with Gasteiger partial charge in [0.1, 0.15) is 5.75 Å². The summed E-state index contributed by atoms with van der Waals surface area (Å²) in [5, 5.41) is 6.09. The second kappa shape index (κ2) is 9.77. The van der Waals surface area contributed by atoms with Crippen LogP contribution >= 0.6 is 11.6 Å². The zero-order valence-electron chi connectivity index (χ0n) is 16.0. The van der Waals surface area contributed by atoms with Gasteiger partial charge in [0.15, 0.2) is 0 Å². The quantitative estimate of drug-likeness (QED) is 0.642. The number of ether oxygens (including phenoxy) is 1. The van der Waals surface area contributed by atoms with Gasteiger partial charge in [0.05, 0.1) is 23.6 Å². The van der Waals surface area contributed by atoms with Crippen LogP contribution in [0.1, 0.15) is 13.8 Å². The number of rotatable bonds is 9. The highest BCUT2D eigenvalue weighted by atomic mass is 35.5. The monoisotopic (exact) mass is 425 g/mol. The van der Waals surface area contributed by atoms with Crippen molar-refractivity contribution >= 4 is 38.9 Å². The number of carbonyl (C=O) groups is 1. The molecular weight excluding hydrogens is 402 g/mol. The maximum absolute atomic E-state index is 12.6. The molecule has 0 aliphatic heterocycles. The molecule has 0 radical (unpaired) electrons. The molecule has 0 aromatic heterocycles. The van der Waals surface area contributed by atoms with Crippen molar-refractivity contribution in [3.63, 3.8) is 0 Å². The van der Waals surface area contributed by atoms with E-state index in [0.717, 1.165) is 0 Å². The number of nitrogens with zero attached hydrogens (tertiary/aromatic N) is 1. The Labute approximate surface area is 170 Å². The van der Waals surface area contributed by atoms with Gasteiger partial charge in [0.25, 0.3) is 0 Å². The third-order valence-corrected chi connectivity index (χ3v) is 6.41. The normalized spacial score (nSPS) is 11.3. The number of halogens is 1. The standard InChI is InChI=1S/C19H24ClN3O4S/c1-4-23(5-2)28(25,26)16-8-6-7-15(11-16)22-19(24)13-21-14-9-10-18(27-3)17(20)12-14/h6-12,21H,4-5,13H2,1-3H3,(H,22,24). The van der Waals surface area contributed by atoms with Crippen LogP contribution < -0.4 is 15.4 Å². The fraction of sp³-hybridized carbons (Fsp3) is 0.316. The number of anilines is 2. The van der Waals surface area contributed by atoms with Crippen LogP contribution in [0.4, 0.5) is 11.4 Å². The summed E-state index contributed by atoms with van der Waals surface area (Å²) in [7, 11) is -2.06. The van der Waals surface area contributed by atoms with E-state index < -0.39 is 10.0 Å². The van der Waals surface area contributed by atoms with E-state index in [1.165, 1.54) is 23.5 Å². The molecule has 28 heavy (non-hydrogen) atoms. The largest absolute Gasteiger partial charge is 0.495 e. The van der Waals surface area contributed by atoms with Gasteiger partial charge in [-0.15, -0.1) is 0 Å². The average molecular weight is 426 g/mol. The van der Waals surface area contributed by atoms with Crippen LogP contribution in [0, 0.1) is 0 Å². The summed E-state index contributed by atoms with van der Waals surface area (Å²) in [5.74, 6) is 0.229. The fourth-order valence-electron chi connectivity index (χ4n) is 2.61. The molecule has 0 aliphatic carbocycles. The van der Waals surface area contributed by atoms with Gasteiger partial charge in [-0.3, -0.25) is 4.79 Å². The fourth-order valence-corrected chi connectivity index (χ4v) is 4.37. The van der Waals surface area contributed by atoms with Crippen molar-refractivity contribution < 1.29 is 17.9 Å². The number of hydrogen-bond acceptors (Lipinski definition) is 5. The van der Waals surface area contributed by atoms with Crippen molar-refractivity contribution in [2.45, 2.75) is 18.7 Å². The van der Waals surface area contributed by atoms with Gasteiger partial charge in [-0.2, -0.15) is 4.31 Å². The van der Waals surface area contributed by atoms with Crippen LogP contribution in [0.2, 0.25) is 5.02 Å². The van der Waals surface area contributed by atoms with Crippen LogP contribution in [-0.2, 0) is 14.8 Å². The molecule has 7 nitrogen and oxygen atoms in total. The Morgan fingerprint density at radius 1 is 1.11 bits per heavy atom. The summed E-state index contributed by atoms with van der Waals surface area (Å²) in [5.41, 5.74) is 1.08. The van der Waals surface area contributed by atoms with Crippen LogP contribution in [0.5, 0.6) is 5.75 Å². The zero-order chi connectivity index (χ0) is 20.7. The van der Waals surface area contributed by atoms with E-state index in [4.69, 9.17) is 16.3 Å². The first-order chi connectivity index (χ1) is 13.3. The molecule has 0 bridgehead atoms. The van der Waals surface area contributed by atoms with Crippen molar-refractivity contribution in [3.05, 3.63) is 47.5 Å². The van der Waals surface area contributed by atoms with Crippen molar-refractivity contribution in [3.8, 4) is 5.75 Å². The Hall–Kier alpha value is -2.29. The third-order valence-electron chi connectivity index (χ3n) is 4.07. The van der Waals surface area contributed by atoms with Gasteiger partial charge in [-0.1, -0.05) is 31.5 Å². The van der Waals surface area contributed by atoms with Crippen LogP contribution in [0.25, 0.3) is 0 Å². The first-order valence-corrected chi connectivity index (χ1v) is 10.6. The lowest BCUT2D eigenvalue weighted by Gasteiger charge is -2.19. The Bertz CT molecular complexity index is 931. The van der Waals surface area contributed by atoms with E-state index in [1.807, 2.05) is 0 Å².